The summed E-state index contributed by atoms with van der Waals surface area (Å²) in [6.07, 6.45) is 0.670. The molecule has 0 aliphatic carbocycles. The first-order chi connectivity index (χ1) is 7.09. The maximum atomic E-state index is 11.0. The zero-order chi connectivity index (χ0) is 11.0. The van der Waals surface area contributed by atoms with Crippen LogP contribution < -0.4 is 10.6 Å². The molecule has 1 atom stereocenters. The topological polar surface area (TPSA) is 83.6 Å². The number of carbonyl (C=O) groups is 1. The summed E-state index contributed by atoms with van der Waals surface area (Å²) in [5.41, 5.74) is 6.80. The van der Waals surface area contributed by atoms with Gasteiger partial charge in [-0.1, -0.05) is 0 Å². The average molecular weight is 226 g/mol. The molecule has 1 aromatic rings. The minimum absolute atomic E-state index is 0.347. The number of nitrogens with zero attached hydrogens (tertiary/aromatic N) is 1. The van der Waals surface area contributed by atoms with E-state index in [0.29, 0.717) is 17.9 Å². The number of fused-ring (bicyclic) bond motifs is 1. The molecule has 15 heavy (non-hydrogen) atoms. The van der Waals surface area contributed by atoms with Crippen molar-refractivity contribution in [3.8, 4) is 0 Å². The Balaban J connectivity index is 2.42. The number of carbonyl (C=O) groups excluding carboxylic acids is 1. The van der Waals surface area contributed by atoms with Gasteiger partial charge in [0.1, 0.15) is 0 Å². The molecule has 1 aromatic carbocycles. The predicted molar refractivity (Wildman–Crippen MR) is 56.1 cm³/mol. The second kappa shape index (κ2) is 3.63. The Bertz CT molecular complexity index is 447. The van der Waals surface area contributed by atoms with Gasteiger partial charge in [0.25, 0.3) is 0 Å². The van der Waals surface area contributed by atoms with Crippen LogP contribution in [0.15, 0.2) is 23.1 Å². The minimum atomic E-state index is -1.98. The maximum absolute atomic E-state index is 11.0. The van der Waals surface area contributed by atoms with E-state index in [1.165, 1.54) is 11.0 Å². The molecule has 0 saturated heterocycles. The largest absolute Gasteiger partial charge is 0.351 e. The van der Waals surface area contributed by atoms with Crippen molar-refractivity contribution in [2.45, 2.75) is 11.3 Å². The van der Waals surface area contributed by atoms with E-state index in [9.17, 15) is 9.00 Å². The lowest BCUT2D eigenvalue weighted by Crippen LogP contribution is -2.33. The van der Waals surface area contributed by atoms with Gasteiger partial charge in [-0.25, -0.2) is 9.00 Å². The zero-order valence-electron chi connectivity index (χ0n) is 7.84. The number of hydrogen-bond donors (Lipinski definition) is 2. The Labute approximate surface area is 89.2 Å². The van der Waals surface area contributed by atoms with Crippen molar-refractivity contribution >= 4 is 22.8 Å². The molecule has 1 unspecified atom stereocenters. The highest BCUT2D eigenvalue weighted by Gasteiger charge is 2.23. The summed E-state index contributed by atoms with van der Waals surface area (Å²) >= 11 is -1.98. The molecular formula is C9H10N2O3S. The predicted octanol–water partition coefficient (Wildman–Crippen LogP) is 0.708. The summed E-state index contributed by atoms with van der Waals surface area (Å²) in [6.45, 7) is 0.534. The van der Waals surface area contributed by atoms with Gasteiger partial charge in [-0.3, -0.25) is 4.90 Å². The summed E-state index contributed by atoms with van der Waals surface area (Å²) in [5, 5.41) is 0. The molecule has 0 radical (unpaired) electrons. The summed E-state index contributed by atoms with van der Waals surface area (Å²) < 4.78 is 19.7. The van der Waals surface area contributed by atoms with Crippen LogP contribution in [0.25, 0.3) is 0 Å². The van der Waals surface area contributed by atoms with Crippen molar-refractivity contribution in [2.75, 3.05) is 11.4 Å². The van der Waals surface area contributed by atoms with Crippen LogP contribution in [0.5, 0.6) is 0 Å². The third-order valence-electron chi connectivity index (χ3n) is 2.41. The number of rotatable bonds is 1. The molecule has 80 valence electrons. The highest BCUT2D eigenvalue weighted by Crippen LogP contribution is 2.29. The Morgan fingerprint density at radius 3 is 2.87 bits per heavy atom. The zero-order valence-corrected chi connectivity index (χ0v) is 8.66. The lowest BCUT2D eigenvalue weighted by Gasteiger charge is -2.13. The number of primary amides is 1. The Morgan fingerprint density at radius 2 is 2.27 bits per heavy atom. The number of hydrogen-bond acceptors (Lipinski definition) is 2. The van der Waals surface area contributed by atoms with Crippen molar-refractivity contribution in [3.63, 3.8) is 0 Å². The van der Waals surface area contributed by atoms with Crippen molar-refractivity contribution < 1.29 is 13.6 Å². The molecule has 3 N–H and O–H groups in total. The molecular weight excluding hydrogens is 216 g/mol. The molecule has 2 amide bonds. The summed E-state index contributed by atoms with van der Waals surface area (Å²) in [5.74, 6) is 0. The molecule has 1 aliphatic heterocycles. The van der Waals surface area contributed by atoms with Gasteiger partial charge in [0.15, 0.2) is 11.1 Å². The van der Waals surface area contributed by atoms with Gasteiger partial charge in [0, 0.05) is 12.2 Å². The first kappa shape index (κ1) is 10.1. The van der Waals surface area contributed by atoms with Crippen molar-refractivity contribution in [1.29, 1.82) is 0 Å². The Morgan fingerprint density at radius 1 is 1.53 bits per heavy atom. The molecule has 5 nitrogen and oxygen atoms in total. The number of benzene rings is 1. The molecule has 0 aromatic heterocycles. The monoisotopic (exact) mass is 226 g/mol. The quantitative estimate of drug-likeness (QED) is 0.692. The van der Waals surface area contributed by atoms with Gasteiger partial charge in [-0.15, -0.1) is 0 Å². The van der Waals surface area contributed by atoms with Gasteiger partial charge in [0.05, 0.1) is 4.90 Å². The van der Waals surface area contributed by atoms with Gasteiger partial charge < -0.3 is 10.3 Å². The SMILES string of the molecule is NC(=O)N1CCc2cc(S(=O)O)ccc21. The third-order valence-corrected chi connectivity index (χ3v) is 3.07. The van der Waals surface area contributed by atoms with Crippen molar-refractivity contribution in [1.82, 2.24) is 0 Å². The summed E-state index contributed by atoms with van der Waals surface area (Å²) in [4.78, 5) is 12.8. The van der Waals surface area contributed by atoms with E-state index in [0.717, 1.165) is 11.3 Å². The van der Waals surface area contributed by atoms with E-state index in [1.807, 2.05) is 0 Å². The summed E-state index contributed by atoms with van der Waals surface area (Å²) in [6, 6.07) is 4.31. The molecule has 1 aliphatic rings. The highest BCUT2D eigenvalue weighted by atomic mass is 32.2. The second-order valence-corrected chi connectivity index (χ2v) is 4.25. The molecule has 0 spiro atoms. The fourth-order valence-corrected chi connectivity index (χ4v) is 2.14. The lowest BCUT2D eigenvalue weighted by atomic mass is 10.2. The van der Waals surface area contributed by atoms with Crippen LogP contribution >= 0.6 is 0 Å². The van der Waals surface area contributed by atoms with Crippen molar-refractivity contribution in [2.24, 2.45) is 5.73 Å². The highest BCUT2D eigenvalue weighted by molar-refractivity contribution is 7.79. The van der Waals surface area contributed by atoms with E-state index in [-0.39, 0.29) is 0 Å². The molecule has 0 bridgehead atoms. The van der Waals surface area contributed by atoms with E-state index in [1.54, 1.807) is 12.1 Å². The standard InChI is InChI=1S/C9H10N2O3S/c10-9(12)11-4-3-6-5-7(15(13)14)1-2-8(6)11/h1-2,5H,3-4H2,(H2,10,12)(H,13,14). The average Bonchev–Trinajstić information content (AvgIpc) is 2.59. The van der Waals surface area contributed by atoms with Gasteiger partial charge in [-0.2, -0.15) is 0 Å². The lowest BCUT2D eigenvalue weighted by molar-refractivity contribution is 0.254. The van der Waals surface area contributed by atoms with E-state index in [4.69, 9.17) is 10.3 Å². The first-order valence-electron chi connectivity index (χ1n) is 4.40. The van der Waals surface area contributed by atoms with E-state index in [2.05, 4.69) is 0 Å². The Hall–Kier alpha value is -1.40. The molecule has 2 rings (SSSR count). The number of amides is 2. The third kappa shape index (κ3) is 1.73. The fraction of sp³-hybridized carbons (Fsp3) is 0.222. The minimum Gasteiger partial charge on any atom is -0.351 e. The Kier molecular flexibility index (Phi) is 2.45. The van der Waals surface area contributed by atoms with Gasteiger partial charge >= 0.3 is 6.03 Å². The maximum Gasteiger partial charge on any atom is 0.319 e. The molecule has 0 saturated carbocycles. The van der Waals surface area contributed by atoms with Gasteiger partial charge in [-0.05, 0) is 30.2 Å². The molecule has 0 fully saturated rings. The van der Waals surface area contributed by atoms with E-state index >= 15 is 0 Å². The smallest absolute Gasteiger partial charge is 0.319 e. The van der Waals surface area contributed by atoms with Crippen LogP contribution in [0.2, 0.25) is 0 Å². The van der Waals surface area contributed by atoms with Crippen LogP contribution in [0.1, 0.15) is 5.56 Å². The van der Waals surface area contributed by atoms with Crippen LogP contribution in [0.3, 0.4) is 0 Å². The summed E-state index contributed by atoms with van der Waals surface area (Å²) in [7, 11) is 0. The fourth-order valence-electron chi connectivity index (χ4n) is 1.72. The van der Waals surface area contributed by atoms with Crippen LogP contribution in [-0.2, 0) is 17.5 Å². The van der Waals surface area contributed by atoms with Crippen LogP contribution in [0, 0.1) is 0 Å². The van der Waals surface area contributed by atoms with Crippen LogP contribution in [-0.4, -0.2) is 21.3 Å². The first-order valence-corrected chi connectivity index (χ1v) is 5.51. The normalized spacial score (nSPS) is 16.2. The number of anilines is 1. The second-order valence-electron chi connectivity index (χ2n) is 3.28. The van der Waals surface area contributed by atoms with Crippen LogP contribution in [0.4, 0.5) is 10.5 Å². The molecule has 1 heterocycles. The molecule has 6 heteroatoms. The van der Waals surface area contributed by atoms with E-state index < -0.39 is 17.1 Å². The number of urea groups is 1. The number of nitrogens with two attached hydrogens (primary N) is 1. The van der Waals surface area contributed by atoms with Crippen molar-refractivity contribution in [3.05, 3.63) is 23.8 Å². The van der Waals surface area contributed by atoms with Gasteiger partial charge in [0.2, 0.25) is 0 Å².